The molecule has 10 heteroatoms. The van der Waals surface area contributed by atoms with E-state index < -0.39 is 10.0 Å². The lowest BCUT2D eigenvalue weighted by Gasteiger charge is -2.31. The van der Waals surface area contributed by atoms with Gasteiger partial charge < -0.3 is 14.1 Å². The van der Waals surface area contributed by atoms with Crippen LogP contribution in [0.2, 0.25) is 0 Å². The van der Waals surface area contributed by atoms with Gasteiger partial charge in [-0.25, -0.2) is 12.8 Å². The summed E-state index contributed by atoms with van der Waals surface area (Å²) in [6.45, 7) is 11.2. The highest BCUT2D eigenvalue weighted by Crippen LogP contribution is 2.25. The Bertz CT molecular complexity index is 1390. The van der Waals surface area contributed by atoms with Gasteiger partial charge in [-0.1, -0.05) is 45.0 Å². The van der Waals surface area contributed by atoms with Crippen molar-refractivity contribution in [2.75, 3.05) is 45.9 Å². The van der Waals surface area contributed by atoms with Crippen LogP contribution in [-0.2, 0) is 38.1 Å². The fraction of sp³-hybridized carbons (Fsp3) is 0.452. The third-order valence-corrected chi connectivity index (χ3v) is 9.08. The molecule has 2 heterocycles. The summed E-state index contributed by atoms with van der Waals surface area (Å²) < 4.78 is 53.8. The molecule has 0 saturated carbocycles. The molecule has 2 aromatic carbocycles. The number of morpholine rings is 1. The van der Waals surface area contributed by atoms with Gasteiger partial charge in [-0.05, 0) is 59.9 Å². The van der Waals surface area contributed by atoms with Crippen LogP contribution < -0.4 is 0 Å². The van der Waals surface area contributed by atoms with Crippen molar-refractivity contribution in [3.63, 3.8) is 0 Å². The second-order valence-corrected chi connectivity index (χ2v) is 13.4. The van der Waals surface area contributed by atoms with Crippen LogP contribution in [0.1, 0.15) is 43.4 Å². The summed E-state index contributed by atoms with van der Waals surface area (Å²) in [5.41, 5.74) is 1.62. The number of amides is 1. The van der Waals surface area contributed by atoms with Crippen molar-refractivity contribution in [2.45, 2.75) is 51.1 Å². The Morgan fingerprint density at radius 3 is 2.20 bits per heavy atom. The van der Waals surface area contributed by atoms with Crippen LogP contribution in [0, 0.1) is 12.7 Å². The number of nitrogens with zero attached hydrogens (tertiary/aromatic N) is 3. The fourth-order valence-corrected chi connectivity index (χ4v) is 6.07. The summed E-state index contributed by atoms with van der Waals surface area (Å²) in [5.74, 6) is 0.549. The average Bonchev–Trinajstić information content (AvgIpc) is 3.36. The number of ether oxygens (including phenoxy) is 1. The van der Waals surface area contributed by atoms with E-state index in [0.717, 1.165) is 11.1 Å². The summed E-state index contributed by atoms with van der Waals surface area (Å²) in [6, 6.07) is 16.4. The quantitative estimate of drug-likeness (QED) is 0.328. The molecule has 1 fully saturated rings. The summed E-state index contributed by atoms with van der Waals surface area (Å²) in [7, 11) is -3.99. The van der Waals surface area contributed by atoms with E-state index in [0.29, 0.717) is 44.4 Å². The van der Waals surface area contributed by atoms with Crippen LogP contribution in [0.25, 0.3) is 0 Å². The number of rotatable bonds is 11. The minimum atomic E-state index is -3.99. The van der Waals surface area contributed by atoms with E-state index in [1.165, 1.54) is 16.4 Å². The molecular formula is C31H40FN3O5S. The molecule has 8 nitrogen and oxygen atoms in total. The van der Waals surface area contributed by atoms with Crippen LogP contribution >= 0.6 is 0 Å². The van der Waals surface area contributed by atoms with E-state index in [9.17, 15) is 17.6 Å². The van der Waals surface area contributed by atoms with E-state index in [4.69, 9.17) is 9.15 Å². The summed E-state index contributed by atoms with van der Waals surface area (Å²) in [5, 5.41) is 0. The topological polar surface area (TPSA) is 83.3 Å². The molecule has 1 aromatic heterocycles. The first-order chi connectivity index (χ1) is 19.4. The second-order valence-electron chi connectivity index (χ2n) is 11.5. The van der Waals surface area contributed by atoms with E-state index in [1.807, 2.05) is 25.1 Å². The normalized spacial score (nSPS) is 14.9. The third kappa shape index (κ3) is 8.48. The van der Waals surface area contributed by atoms with Crippen LogP contribution in [0.15, 0.2) is 70.0 Å². The average molecular weight is 586 g/mol. The van der Waals surface area contributed by atoms with Crippen molar-refractivity contribution in [2.24, 2.45) is 0 Å². The molecule has 0 N–H and O–H groups in total. The highest BCUT2D eigenvalue weighted by Gasteiger charge is 2.30. The Morgan fingerprint density at radius 1 is 0.951 bits per heavy atom. The second kappa shape index (κ2) is 13.3. The lowest BCUT2D eigenvalue weighted by Crippen LogP contribution is -2.47. The molecule has 0 radical (unpaired) electrons. The fourth-order valence-electron chi connectivity index (χ4n) is 4.69. The number of aryl methyl sites for hydroxylation is 1. The van der Waals surface area contributed by atoms with Gasteiger partial charge in [0.05, 0.1) is 31.2 Å². The number of halogens is 1. The van der Waals surface area contributed by atoms with E-state index in [2.05, 4.69) is 25.7 Å². The Balaban J connectivity index is 1.60. The van der Waals surface area contributed by atoms with Crippen LogP contribution in [0.5, 0.6) is 0 Å². The molecule has 0 spiro atoms. The van der Waals surface area contributed by atoms with Crippen molar-refractivity contribution in [3.05, 3.63) is 89.1 Å². The highest BCUT2D eigenvalue weighted by atomic mass is 32.2. The largest absolute Gasteiger partial charge is 0.464 e. The minimum Gasteiger partial charge on any atom is -0.464 e. The van der Waals surface area contributed by atoms with Crippen molar-refractivity contribution in [1.82, 2.24) is 14.1 Å². The van der Waals surface area contributed by atoms with Gasteiger partial charge in [-0.3, -0.25) is 9.69 Å². The van der Waals surface area contributed by atoms with Gasteiger partial charge in [-0.2, -0.15) is 4.31 Å². The summed E-state index contributed by atoms with van der Waals surface area (Å²) >= 11 is 0. The predicted octanol–water partition coefficient (Wildman–Crippen LogP) is 4.58. The molecular weight excluding hydrogens is 545 g/mol. The van der Waals surface area contributed by atoms with E-state index >= 15 is 0 Å². The van der Waals surface area contributed by atoms with Gasteiger partial charge in [0.2, 0.25) is 15.9 Å². The summed E-state index contributed by atoms with van der Waals surface area (Å²) in [4.78, 5) is 17.7. The molecule has 41 heavy (non-hydrogen) atoms. The van der Waals surface area contributed by atoms with Crippen LogP contribution in [0.4, 0.5) is 4.39 Å². The van der Waals surface area contributed by atoms with E-state index in [-0.39, 0.29) is 48.2 Å². The Hall–Kier alpha value is -3.05. The molecule has 0 unspecified atom stereocenters. The first kappa shape index (κ1) is 30.9. The van der Waals surface area contributed by atoms with Gasteiger partial charge in [0.1, 0.15) is 17.3 Å². The monoisotopic (exact) mass is 585 g/mol. The molecule has 0 bridgehead atoms. The van der Waals surface area contributed by atoms with Gasteiger partial charge in [0.15, 0.2) is 0 Å². The van der Waals surface area contributed by atoms with Gasteiger partial charge in [0, 0.05) is 32.7 Å². The molecule has 1 aliphatic heterocycles. The molecule has 1 amide bonds. The minimum absolute atomic E-state index is 0.126. The first-order valence-electron chi connectivity index (χ1n) is 13.9. The standard InChI is InChI=1S/C31H40FN3O5S/c1-24-5-12-28(40-24)22-34(21-25-6-10-27(32)11-7-25)30(36)23-35(16-15-33-17-19-39-20-18-33)41(37,38)29-13-8-26(9-14-29)31(2,3)4/h5-14H,15-23H2,1-4H3. The zero-order valence-electron chi connectivity index (χ0n) is 24.3. The highest BCUT2D eigenvalue weighted by molar-refractivity contribution is 7.89. The molecule has 0 aliphatic carbocycles. The zero-order chi connectivity index (χ0) is 29.6. The van der Waals surface area contributed by atoms with Crippen molar-refractivity contribution in [1.29, 1.82) is 0 Å². The van der Waals surface area contributed by atoms with Gasteiger partial charge in [-0.15, -0.1) is 0 Å². The number of carbonyl (C=O) groups is 1. The number of hydrogen-bond acceptors (Lipinski definition) is 6. The smallest absolute Gasteiger partial charge is 0.243 e. The van der Waals surface area contributed by atoms with Gasteiger partial charge in [0.25, 0.3) is 0 Å². The SMILES string of the molecule is Cc1ccc(CN(Cc2ccc(F)cc2)C(=O)CN(CCN2CCOCC2)S(=O)(=O)c2ccc(C(C)(C)C)cc2)o1. The van der Waals surface area contributed by atoms with Crippen LogP contribution in [0.3, 0.4) is 0 Å². The lowest BCUT2D eigenvalue weighted by atomic mass is 9.87. The zero-order valence-corrected chi connectivity index (χ0v) is 25.1. The molecule has 0 atom stereocenters. The summed E-state index contributed by atoms with van der Waals surface area (Å²) in [6.07, 6.45) is 0. The molecule has 1 aliphatic rings. The maximum atomic E-state index is 13.9. The van der Waals surface area contributed by atoms with Crippen LogP contribution in [-0.4, -0.2) is 74.4 Å². The lowest BCUT2D eigenvalue weighted by molar-refractivity contribution is -0.133. The number of carbonyl (C=O) groups excluding carboxylic acids is 1. The Kier molecular flexibility index (Phi) is 10.0. The third-order valence-electron chi connectivity index (χ3n) is 7.22. The van der Waals surface area contributed by atoms with Crippen molar-refractivity contribution >= 4 is 15.9 Å². The number of furan rings is 1. The number of hydrogen-bond donors (Lipinski definition) is 0. The Morgan fingerprint density at radius 2 is 1.61 bits per heavy atom. The number of sulfonamides is 1. The van der Waals surface area contributed by atoms with Gasteiger partial charge >= 0.3 is 0 Å². The predicted molar refractivity (Wildman–Crippen MR) is 155 cm³/mol. The Labute approximate surface area is 242 Å². The molecule has 1 saturated heterocycles. The van der Waals surface area contributed by atoms with E-state index in [1.54, 1.807) is 35.2 Å². The maximum Gasteiger partial charge on any atom is 0.243 e. The molecule has 3 aromatic rings. The van der Waals surface area contributed by atoms with Crippen molar-refractivity contribution in [3.8, 4) is 0 Å². The maximum absolute atomic E-state index is 13.9. The molecule has 4 rings (SSSR count). The first-order valence-corrected chi connectivity index (χ1v) is 15.3. The molecule has 222 valence electrons. The van der Waals surface area contributed by atoms with Crippen molar-refractivity contribution < 1.29 is 26.8 Å². The number of benzene rings is 2.